The molecule has 0 bridgehead atoms. The van der Waals surface area contributed by atoms with Gasteiger partial charge >= 0.3 is 0 Å². The maximum atomic E-state index is 11.2. The van der Waals surface area contributed by atoms with E-state index in [9.17, 15) is 9.90 Å². The Hall–Kier alpha value is -2.93. The number of amides is 1. The molecule has 1 amide bonds. The third kappa shape index (κ3) is 10.9. The van der Waals surface area contributed by atoms with E-state index >= 15 is 0 Å². The zero-order valence-corrected chi connectivity index (χ0v) is 22.0. The Kier molecular flexibility index (Phi) is 14.3. The highest BCUT2D eigenvalue weighted by atomic mass is 16.3. The molecule has 9 nitrogen and oxygen atoms in total. The van der Waals surface area contributed by atoms with Crippen LogP contribution in [0.3, 0.4) is 0 Å². The van der Waals surface area contributed by atoms with Crippen LogP contribution in [-0.4, -0.2) is 70.6 Å². The second-order valence-electron chi connectivity index (χ2n) is 8.51. The smallest absolute Gasteiger partial charge is 0.243 e. The van der Waals surface area contributed by atoms with Crippen molar-refractivity contribution in [3.63, 3.8) is 0 Å². The SMILES string of the molecule is C#CC.C/C=C(C)\C=C/CCN1CCCC1.CCCN(C)C(O)c1nc(N)c2c(n1)NCC(=O)N2. The second kappa shape index (κ2) is 16.7. The highest BCUT2D eigenvalue weighted by Gasteiger charge is 2.24. The zero-order valence-electron chi connectivity index (χ0n) is 22.0. The van der Waals surface area contributed by atoms with Crippen LogP contribution >= 0.6 is 0 Å². The third-order valence-electron chi connectivity index (χ3n) is 5.51. The summed E-state index contributed by atoms with van der Waals surface area (Å²) < 4.78 is 0. The summed E-state index contributed by atoms with van der Waals surface area (Å²) in [7, 11) is 1.78. The summed E-state index contributed by atoms with van der Waals surface area (Å²) in [5, 5.41) is 15.6. The van der Waals surface area contributed by atoms with Gasteiger partial charge in [0.25, 0.3) is 0 Å². The number of anilines is 3. The zero-order chi connectivity index (χ0) is 26.2. The van der Waals surface area contributed by atoms with E-state index < -0.39 is 6.23 Å². The minimum Gasteiger partial charge on any atom is -0.382 e. The molecule has 194 valence electrons. The summed E-state index contributed by atoms with van der Waals surface area (Å²) in [4.78, 5) is 23.8. The van der Waals surface area contributed by atoms with Gasteiger partial charge in [0.15, 0.2) is 23.7 Å². The van der Waals surface area contributed by atoms with Gasteiger partial charge in [0.1, 0.15) is 5.69 Å². The van der Waals surface area contributed by atoms with Crippen LogP contribution in [0.4, 0.5) is 17.3 Å². The minimum absolute atomic E-state index is 0.129. The van der Waals surface area contributed by atoms with E-state index in [4.69, 9.17) is 5.73 Å². The summed E-state index contributed by atoms with van der Waals surface area (Å²) in [6, 6.07) is 0. The summed E-state index contributed by atoms with van der Waals surface area (Å²) in [5.74, 6) is 2.85. The molecular weight excluding hydrogens is 442 g/mol. The van der Waals surface area contributed by atoms with E-state index in [0.717, 1.165) is 6.42 Å². The Morgan fingerprint density at radius 1 is 1.37 bits per heavy atom. The average Bonchev–Trinajstić information content (AvgIpc) is 3.36. The highest BCUT2D eigenvalue weighted by Crippen LogP contribution is 2.29. The molecule has 3 rings (SSSR count). The molecule has 2 aliphatic heterocycles. The van der Waals surface area contributed by atoms with Gasteiger partial charge in [-0.2, -0.15) is 0 Å². The molecule has 0 spiro atoms. The van der Waals surface area contributed by atoms with Gasteiger partial charge in [-0.15, -0.1) is 12.3 Å². The number of nitrogens with zero attached hydrogens (tertiary/aromatic N) is 4. The van der Waals surface area contributed by atoms with E-state index in [-0.39, 0.29) is 24.1 Å². The van der Waals surface area contributed by atoms with Gasteiger partial charge in [-0.25, -0.2) is 9.97 Å². The van der Waals surface area contributed by atoms with Gasteiger partial charge in [0.05, 0.1) is 6.54 Å². The molecule has 35 heavy (non-hydrogen) atoms. The molecule has 1 aromatic heterocycles. The average molecular weight is 486 g/mol. The molecule has 0 saturated carbocycles. The van der Waals surface area contributed by atoms with Gasteiger partial charge in [-0.1, -0.05) is 30.7 Å². The van der Waals surface area contributed by atoms with Crippen molar-refractivity contribution in [2.24, 2.45) is 0 Å². The first-order valence-corrected chi connectivity index (χ1v) is 12.3. The predicted molar refractivity (Wildman–Crippen MR) is 145 cm³/mol. The van der Waals surface area contributed by atoms with Crippen LogP contribution in [0.15, 0.2) is 23.8 Å². The van der Waals surface area contributed by atoms with Crippen molar-refractivity contribution >= 4 is 23.2 Å². The number of nitrogens with one attached hydrogen (secondary N) is 2. The Balaban J connectivity index is 0.000000333. The van der Waals surface area contributed by atoms with Crippen LogP contribution in [0.5, 0.6) is 0 Å². The van der Waals surface area contributed by atoms with E-state index in [0.29, 0.717) is 18.1 Å². The topological polar surface area (TPSA) is 120 Å². The van der Waals surface area contributed by atoms with Crippen LogP contribution in [-0.2, 0) is 4.79 Å². The summed E-state index contributed by atoms with van der Waals surface area (Å²) in [6.07, 6.45) is 15.2. The van der Waals surface area contributed by atoms with Gasteiger partial charge < -0.3 is 26.4 Å². The molecule has 1 saturated heterocycles. The van der Waals surface area contributed by atoms with Gasteiger partial charge in [-0.05, 0) is 66.6 Å². The lowest BCUT2D eigenvalue weighted by molar-refractivity contribution is -0.114. The van der Waals surface area contributed by atoms with E-state index in [1.165, 1.54) is 44.5 Å². The molecule has 0 aliphatic carbocycles. The lowest BCUT2D eigenvalue weighted by Crippen LogP contribution is -2.31. The molecule has 9 heteroatoms. The third-order valence-corrected chi connectivity index (χ3v) is 5.51. The molecule has 0 radical (unpaired) electrons. The molecule has 1 atom stereocenters. The van der Waals surface area contributed by atoms with Crippen molar-refractivity contribution in [3.8, 4) is 12.3 Å². The highest BCUT2D eigenvalue weighted by molar-refractivity contribution is 6.02. The molecule has 0 aromatic carbocycles. The van der Waals surface area contributed by atoms with Crippen LogP contribution in [0.2, 0.25) is 0 Å². The van der Waals surface area contributed by atoms with Crippen molar-refractivity contribution in [2.45, 2.75) is 59.6 Å². The monoisotopic (exact) mass is 485 g/mol. The van der Waals surface area contributed by atoms with Crippen LogP contribution in [0, 0.1) is 12.3 Å². The number of terminal acetylenes is 1. The van der Waals surface area contributed by atoms with Gasteiger partial charge in [0.2, 0.25) is 5.91 Å². The first-order chi connectivity index (χ1) is 16.8. The van der Waals surface area contributed by atoms with E-state index in [2.05, 4.69) is 69.9 Å². The number of nitrogen functional groups attached to an aromatic ring is 1. The van der Waals surface area contributed by atoms with Crippen LogP contribution in [0.1, 0.15) is 65.4 Å². The number of likely N-dealkylation sites (tertiary alicyclic amines) is 1. The molecule has 2 aliphatic rings. The first-order valence-electron chi connectivity index (χ1n) is 12.3. The number of aromatic nitrogens is 2. The Morgan fingerprint density at radius 2 is 2.03 bits per heavy atom. The molecule has 1 aromatic rings. The number of nitrogens with two attached hydrogens (primary N) is 1. The van der Waals surface area contributed by atoms with Crippen molar-refractivity contribution in [1.29, 1.82) is 0 Å². The standard InChI is InChI=1S/C12H21N.C11H18N6O2.C3H4/c1-3-12(2)8-4-5-9-13-10-6-7-11-13;1-3-4-17(2)11(19)10-15-8(12)7-9(16-10)13-5-6(18)14-7;1-3-2/h3-4,8H,5-7,9-11H2,1-2H3;11,19H,3-5H2,1-2H3,(H,14,18)(H3,12,13,15,16);1H,2H3/b8-4-,12-3-;;. The number of rotatable bonds is 8. The Labute approximate surface area is 210 Å². The summed E-state index contributed by atoms with van der Waals surface area (Å²) in [5.41, 5.74) is 7.51. The molecule has 1 unspecified atom stereocenters. The largest absolute Gasteiger partial charge is 0.382 e. The van der Waals surface area contributed by atoms with Crippen molar-refractivity contribution in [3.05, 3.63) is 29.6 Å². The van der Waals surface area contributed by atoms with Crippen LogP contribution in [0.25, 0.3) is 0 Å². The summed E-state index contributed by atoms with van der Waals surface area (Å²) >= 11 is 0. The number of hydrogen-bond acceptors (Lipinski definition) is 8. The predicted octanol–water partition coefficient (Wildman–Crippen LogP) is 3.39. The first kappa shape index (κ1) is 30.1. The van der Waals surface area contributed by atoms with Crippen molar-refractivity contribution < 1.29 is 9.90 Å². The van der Waals surface area contributed by atoms with Crippen molar-refractivity contribution in [2.75, 3.05) is 56.1 Å². The Bertz CT molecular complexity index is 886. The minimum atomic E-state index is -0.924. The maximum absolute atomic E-state index is 11.2. The number of fused-ring (bicyclic) bond motifs is 1. The van der Waals surface area contributed by atoms with Crippen molar-refractivity contribution in [1.82, 2.24) is 19.8 Å². The number of hydrogen-bond donors (Lipinski definition) is 4. The number of carbonyl (C=O) groups is 1. The summed E-state index contributed by atoms with van der Waals surface area (Å²) in [6.45, 7) is 12.6. The number of aliphatic hydroxyl groups is 1. The fourth-order valence-electron chi connectivity index (χ4n) is 3.51. The molecule has 3 heterocycles. The molecule has 1 fully saturated rings. The number of allylic oxidation sites excluding steroid dienone is 3. The quantitative estimate of drug-likeness (QED) is 0.251. The van der Waals surface area contributed by atoms with E-state index in [1.54, 1.807) is 18.9 Å². The number of carbonyl (C=O) groups excluding carboxylic acids is 1. The lowest BCUT2D eigenvalue weighted by atomic mass is 10.2. The van der Waals surface area contributed by atoms with E-state index in [1.807, 2.05) is 6.92 Å². The number of aliphatic hydroxyl groups excluding tert-OH is 1. The van der Waals surface area contributed by atoms with Gasteiger partial charge in [-0.3, -0.25) is 9.69 Å². The molecule has 5 N–H and O–H groups in total. The van der Waals surface area contributed by atoms with Gasteiger partial charge in [0, 0.05) is 13.1 Å². The Morgan fingerprint density at radius 3 is 2.63 bits per heavy atom. The fourth-order valence-corrected chi connectivity index (χ4v) is 3.51. The normalized spacial score (nSPS) is 16.3. The maximum Gasteiger partial charge on any atom is 0.243 e. The molecular formula is C26H43N7O2. The fraction of sp³-hybridized carbons (Fsp3) is 0.577. The second-order valence-corrected chi connectivity index (χ2v) is 8.51. The van der Waals surface area contributed by atoms with Crippen LogP contribution < -0.4 is 16.4 Å². The lowest BCUT2D eigenvalue weighted by Gasteiger charge is -2.24.